The number of ketones is 1. The van der Waals surface area contributed by atoms with E-state index < -0.39 is 5.97 Å². The summed E-state index contributed by atoms with van der Waals surface area (Å²) in [6.07, 6.45) is 8.91. The van der Waals surface area contributed by atoms with E-state index in [4.69, 9.17) is 14.8 Å². The topological polar surface area (TPSA) is 110 Å². The molecular formula is C22H19N5O4. The highest BCUT2D eigenvalue weighted by Gasteiger charge is 2.32. The third-order valence-corrected chi connectivity index (χ3v) is 5.44. The molecule has 1 fully saturated rings. The Kier molecular flexibility index (Phi) is 4.79. The minimum Gasteiger partial charge on any atom is -0.478 e. The molecule has 3 aliphatic rings. The Labute approximate surface area is 177 Å². The zero-order valence-electron chi connectivity index (χ0n) is 16.5. The van der Waals surface area contributed by atoms with E-state index in [1.165, 1.54) is 12.1 Å². The summed E-state index contributed by atoms with van der Waals surface area (Å²) in [5.74, 6) is -0.711. The number of carbonyl (C=O) groups excluding carboxylic acids is 1. The number of carboxylic acids is 1. The number of aliphatic imine (C=N–C) groups is 1. The van der Waals surface area contributed by atoms with E-state index in [2.05, 4.69) is 15.2 Å². The first-order chi connectivity index (χ1) is 15.1. The summed E-state index contributed by atoms with van der Waals surface area (Å²) in [5.41, 5.74) is 2.76. The molecule has 2 aromatic rings. The number of nitrogens with zero attached hydrogens (tertiary/aromatic N) is 5. The Morgan fingerprint density at radius 1 is 1.16 bits per heavy atom. The number of benzene rings is 1. The van der Waals surface area contributed by atoms with Crippen LogP contribution in [-0.2, 0) is 9.53 Å². The highest BCUT2D eigenvalue weighted by atomic mass is 16.5. The normalized spacial score (nSPS) is 20.6. The van der Waals surface area contributed by atoms with Crippen LogP contribution < -0.4 is 0 Å². The fraction of sp³-hybridized carbons (Fsp3) is 0.227. The summed E-state index contributed by atoms with van der Waals surface area (Å²) in [6.45, 7) is 2.60. The van der Waals surface area contributed by atoms with Gasteiger partial charge in [-0.15, -0.1) is 5.10 Å². The Hall–Kier alpha value is -3.85. The number of carbonyl (C=O) groups is 2. The molecule has 156 valence electrons. The molecule has 0 saturated carbocycles. The van der Waals surface area contributed by atoms with Gasteiger partial charge in [0.05, 0.1) is 48.0 Å². The van der Waals surface area contributed by atoms with Crippen LogP contribution in [0.2, 0.25) is 0 Å². The van der Waals surface area contributed by atoms with Crippen molar-refractivity contribution in [3.8, 4) is 5.69 Å². The minimum absolute atomic E-state index is 0.0718. The number of ether oxygens (including phenoxy) is 1. The van der Waals surface area contributed by atoms with Gasteiger partial charge in [-0.2, -0.15) is 0 Å². The molecule has 1 unspecified atom stereocenters. The van der Waals surface area contributed by atoms with Crippen LogP contribution in [0.4, 0.5) is 0 Å². The molecule has 0 radical (unpaired) electrons. The van der Waals surface area contributed by atoms with Gasteiger partial charge >= 0.3 is 5.97 Å². The molecule has 1 aromatic carbocycles. The second kappa shape index (κ2) is 7.77. The van der Waals surface area contributed by atoms with Crippen LogP contribution in [0.25, 0.3) is 5.69 Å². The Morgan fingerprint density at radius 2 is 1.94 bits per heavy atom. The third kappa shape index (κ3) is 3.59. The largest absolute Gasteiger partial charge is 0.478 e. The summed E-state index contributed by atoms with van der Waals surface area (Å²) >= 11 is 0. The molecule has 1 N–H and O–H groups in total. The summed E-state index contributed by atoms with van der Waals surface area (Å²) in [7, 11) is 0. The Balaban J connectivity index is 1.45. The fourth-order valence-corrected chi connectivity index (χ4v) is 3.79. The number of hydrogen-bond donors (Lipinski definition) is 1. The lowest BCUT2D eigenvalue weighted by molar-refractivity contribution is -0.111. The van der Waals surface area contributed by atoms with Crippen molar-refractivity contribution in [2.75, 3.05) is 26.3 Å². The predicted octanol–water partition coefficient (Wildman–Crippen LogP) is 1.74. The molecule has 1 atom stereocenters. The maximum absolute atomic E-state index is 12.8. The van der Waals surface area contributed by atoms with E-state index in [1.807, 2.05) is 12.2 Å². The highest BCUT2D eigenvalue weighted by molar-refractivity contribution is 6.30. The van der Waals surface area contributed by atoms with Crippen LogP contribution in [-0.4, -0.2) is 68.8 Å². The molecule has 0 bridgehead atoms. The fourth-order valence-electron chi connectivity index (χ4n) is 3.79. The van der Waals surface area contributed by atoms with Crippen LogP contribution >= 0.6 is 0 Å². The van der Waals surface area contributed by atoms with Crippen LogP contribution in [0.3, 0.4) is 0 Å². The van der Waals surface area contributed by atoms with Gasteiger partial charge in [-0.25, -0.2) is 14.5 Å². The van der Waals surface area contributed by atoms with Gasteiger partial charge in [-0.3, -0.25) is 4.79 Å². The van der Waals surface area contributed by atoms with Crippen molar-refractivity contribution in [3.05, 3.63) is 77.4 Å². The van der Waals surface area contributed by atoms with Crippen LogP contribution in [0.5, 0.6) is 0 Å². The minimum atomic E-state index is -0.985. The van der Waals surface area contributed by atoms with Gasteiger partial charge in [0.25, 0.3) is 0 Å². The van der Waals surface area contributed by atoms with Gasteiger partial charge in [-0.05, 0) is 30.3 Å². The van der Waals surface area contributed by atoms with Crippen LogP contribution in [0, 0.1) is 0 Å². The SMILES string of the molecule is O=C1C=C(N2CCOCC2)N=C2C1=CC=CC2c1cn(-c2ccc(C(=O)O)cc2)nn1. The number of aromatic carboxylic acids is 1. The Bertz CT molecular complexity index is 1170. The standard InChI is InChI=1S/C22H19N5O4/c28-19-12-20(26-8-10-31-11-9-26)23-21-16(2-1-3-17(19)21)18-13-27(25-24-18)15-6-4-14(5-7-15)22(29)30/h1-7,12-13,16H,8-11H2,(H,29,30). The number of fused-ring (bicyclic) bond motifs is 1. The maximum atomic E-state index is 12.8. The molecule has 1 aromatic heterocycles. The van der Waals surface area contributed by atoms with Crippen molar-refractivity contribution in [1.82, 2.24) is 19.9 Å². The number of morpholine rings is 1. The van der Waals surface area contributed by atoms with Crippen LogP contribution in [0.15, 0.2) is 71.2 Å². The molecule has 9 heteroatoms. The molecule has 0 spiro atoms. The molecule has 0 amide bonds. The van der Waals surface area contributed by atoms with E-state index in [0.29, 0.717) is 54.8 Å². The van der Waals surface area contributed by atoms with Gasteiger partial charge in [0.15, 0.2) is 5.78 Å². The van der Waals surface area contributed by atoms with Crippen molar-refractivity contribution in [2.24, 2.45) is 4.99 Å². The van der Waals surface area contributed by atoms with Gasteiger partial charge in [-0.1, -0.05) is 17.4 Å². The molecule has 1 saturated heterocycles. The van der Waals surface area contributed by atoms with Crippen LogP contribution in [0.1, 0.15) is 22.0 Å². The lowest BCUT2D eigenvalue weighted by Crippen LogP contribution is -2.37. The van der Waals surface area contributed by atoms with Gasteiger partial charge < -0.3 is 14.7 Å². The van der Waals surface area contributed by atoms with E-state index in [9.17, 15) is 9.59 Å². The summed E-state index contributed by atoms with van der Waals surface area (Å²) in [4.78, 5) is 30.7. The lowest BCUT2D eigenvalue weighted by atomic mass is 9.86. The maximum Gasteiger partial charge on any atom is 0.335 e. The van der Waals surface area contributed by atoms with Gasteiger partial charge in [0.1, 0.15) is 5.82 Å². The molecule has 1 aliphatic carbocycles. The van der Waals surface area contributed by atoms with E-state index in [-0.39, 0.29) is 17.3 Å². The number of aromatic nitrogens is 3. The van der Waals surface area contributed by atoms with E-state index >= 15 is 0 Å². The van der Waals surface area contributed by atoms with Crippen molar-refractivity contribution in [2.45, 2.75) is 5.92 Å². The first-order valence-corrected chi connectivity index (χ1v) is 9.92. The zero-order valence-corrected chi connectivity index (χ0v) is 16.5. The number of rotatable bonds is 4. The van der Waals surface area contributed by atoms with E-state index in [0.717, 1.165) is 0 Å². The van der Waals surface area contributed by atoms with Crippen molar-refractivity contribution in [3.63, 3.8) is 0 Å². The van der Waals surface area contributed by atoms with E-state index in [1.54, 1.807) is 35.2 Å². The van der Waals surface area contributed by atoms with Gasteiger partial charge in [0, 0.05) is 24.7 Å². The monoisotopic (exact) mass is 417 g/mol. The molecule has 31 heavy (non-hydrogen) atoms. The smallest absolute Gasteiger partial charge is 0.335 e. The van der Waals surface area contributed by atoms with Crippen molar-refractivity contribution in [1.29, 1.82) is 0 Å². The molecule has 5 rings (SSSR count). The first kappa shape index (κ1) is 19.1. The second-order valence-electron chi connectivity index (χ2n) is 7.35. The second-order valence-corrected chi connectivity index (χ2v) is 7.35. The lowest BCUT2D eigenvalue weighted by Gasteiger charge is -2.31. The third-order valence-electron chi connectivity index (χ3n) is 5.44. The molecule has 2 aliphatic heterocycles. The number of allylic oxidation sites excluding steroid dienone is 5. The summed E-state index contributed by atoms with van der Waals surface area (Å²) in [6, 6.07) is 6.38. The van der Waals surface area contributed by atoms with Crippen molar-refractivity contribution < 1.29 is 19.4 Å². The Morgan fingerprint density at radius 3 is 2.68 bits per heavy atom. The first-order valence-electron chi connectivity index (χ1n) is 9.92. The average Bonchev–Trinajstić information content (AvgIpc) is 3.29. The molecular weight excluding hydrogens is 398 g/mol. The average molecular weight is 417 g/mol. The summed E-state index contributed by atoms with van der Waals surface area (Å²) < 4.78 is 6.98. The van der Waals surface area contributed by atoms with Gasteiger partial charge in [0.2, 0.25) is 0 Å². The van der Waals surface area contributed by atoms with Crippen molar-refractivity contribution >= 4 is 17.5 Å². The predicted molar refractivity (Wildman–Crippen MR) is 111 cm³/mol. The quantitative estimate of drug-likeness (QED) is 0.807. The molecule has 3 heterocycles. The highest BCUT2D eigenvalue weighted by Crippen LogP contribution is 2.30. The summed E-state index contributed by atoms with van der Waals surface area (Å²) in [5, 5.41) is 17.6. The number of carboxylic acid groups (broad SMARTS) is 1. The molecule has 9 nitrogen and oxygen atoms in total. The zero-order chi connectivity index (χ0) is 21.4. The number of hydrogen-bond acceptors (Lipinski definition) is 7.